The van der Waals surface area contributed by atoms with E-state index in [4.69, 9.17) is 9.47 Å². The van der Waals surface area contributed by atoms with E-state index in [0.717, 1.165) is 30.1 Å². The highest BCUT2D eigenvalue weighted by Crippen LogP contribution is 2.50. The molecule has 2 heteroatoms. The summed E-state index contributed by atoms with van der Waals surface area (Å²) in [4.78, 5) is 0. The molecule has 0 spiro atoms. The van der Waals surface area contributed by atoms with Crippen molar-refractivity contribution in [3.8, 4) is 0 Å². The second-order valence-electron chi connectivity index (χ2n) is 6.55. The number of fused-ring (bicyclic) bond motifs is 3. The Bertz CT molecular complexity index is 278. The quantitative estimate of drug-likeness (QED) is 0.698. The largest absolute Gasteiger partial charge is 0.381 e. The minimum Gasteiger partial charge on any atom is -0.381 e. The van der Waals surface area contributed by atoms with Crippen molar-refractivity contribution in [1.82, 2.24) is 0 Å². The average molecular weight is 238 g/mol. The van der Waals surface area contributed by atoms with Crippen LogP contribution in [-0.2, 0) is 9.47 Å². The van der Waals surface area contributed by atoms with Gasteiger partial charge in [0.25, 0.3) is 0 Å². The number of hydrogen-bond donors (Lipinski definition) is 0. The van der Waals surface area contributed by atoms with Gasteiger partial charge in [-0.25, -0.2) is 0 Å². The zero-order chi connectivity index (χ0) is 12.0. The van der Waals surface area contributed by atoms with Gasteiger partial charge in [0.15, 0.2) is 0 Å². The second kappa shape index (κ2) is 4.55. The zero-order valence-corrected chi connectivity index (χ0v) is 11.4. The summed E-state index contributed by atoms with van der Waals surface area (Å²) in [6, 6.07) is 0. The first-order valence-corrected chi connectivity index (χ1v) is 7.39. The third-order valence-corrected chi connectivity index (χ3v) is 5.80. The summed E-state index contributed by atoms with van der Waals surface area (Å²) in [6.45, 7) is 4.79. The molecule has 0 aromatic carbocycles. The van der Waals surface area contributed by atoms with E-state index in [-0.39, 0.29) is 0 Å². The molecule has 0 aromatic heterocycles. The lowest BCUT2D eigenvalue weighted by atomic mass is 9.67. The summed E-state index contributed by atoms with van der Waals surface area (Å²) in [6.07, 6.45) is 8.00. The maximum Gasteiger partial charge on any atom is 0.0638 e. The molecule has 1 saturated heterocycles. The van der Waals surface area contributed by atoms with Crippen molar-refractivity contribution in [3.63, 3.8) is 0 Å². The van der Waals surface area contributed by atoms with Crippen LogP contribution in [0.5, 0.6) is 0 Å². The molecule has 17 heavy (non-hydrogen) atoms. The smallest absolute Gasteiger partial charge is 0.0638 e. The Morgan fingerprint density at radius 1 is 1.00 bits per heavy atom. The molecule has 7 unspecified atom stereocenters. The molecule has 0 bridgehead atoms. The molecule has 0 amide bonds. The first-order chi connectivity index (χ1) is 8.20. The maximum atomic E-state index is 6.40. The molecule has 3 rings (SSSR count). The number of methoxy groups -OCH3 is 1. The Morgan fingerprint density at radius 2 is 1.76 bits per heavy atom. The van der Waals surface area contributed by atoms with Gasteiger partial charge in [0.05, 0.1) is 18.3 Å². The van der Waals surface area contributed by atoms with E-state index in [1.165, 1.54) is 25.7 Å². The van der Waals surface area contributed by atoms with Gasteiger partial charge in [-0.3, -0.25) is 0 Å². The summed E-state index contributed by atoms with van der Waals surface area (Å²) in [5.41, 5.74) is 0. The van der Waals surface area contributed by atoms with Crippen molar-refractivity contribution >= 4 is 0 Å². The van der Waals surface area contributed by atoms with Gasteiger partial charge in [-0.1, -0.05) is 13.8 Å². The lowest BCUT2D eigenvalue weighted by Gasteiger charge is -2.37. The molecule has 2 nitrogen and oxygen atoms in total. The minimum atomic E-state index is 0.448. The molecular formula is C15H26O2. The zero-order valence-electron chi connectivity index (χ0n) is 11.4. The molecule has 0 aromatic rings. The Balaban J connectivity index is 1.73. The summed E-state index contributed by atoms with van der Waals surface area (Å²) < 4.78 is 11.9. The fraction of sp³-hybridized carbons (Fsp3) is 1.00. The molecule has 3 fully saturated rings. The predicted octanol–water partition coefficient (Wildman–Crippen LogP) is 3.25. The van der Waals surface area contributed by atoms with E-state index in [9.17, 15) is 0 Å². The van der Waals surface area contributed by atoms with Gasteiger partial charge < -0.3 is 9.47 Å². The second-order valence-corrected chi connectivity index (χ2v) is 6.55. The molecule has 3 aliphatic rings. The number of hydrogen-bond acceptors (Lipinski definition) is 2. The van der Waals surface area contributed by atoms with Crippen LogP contribution in [0.15, 0.2) is 0 Å². The van der Waals surface area contributed by atoms with Crippen molar-refractivity contribution in [2.45, 2.75) is 64.3 Å². The van der Waals surface area contributed by atoms with Crippen LogP contribution in [0.2, 0.25) is 0 Å². The molecule has 1 aliphatic heterocycles. The minimum absolute atomic E-state index is 0.448. The third kappa shape index (κ3) is 1.94. The maximum absolute atomic E-state index is 6.40. The topological polar surface area (TPSA) is 18.5 Å². The van der Waals surface area contributed by atoms with Gasteiger partial charge >= 0.3 is 0 Å². The number of rotatable bonds is 1. The van der Waals surface area contributed by atoms with E-state index in [1.54, 1.807) is 0 Å². The van der Waals surface area contributed by atoms with Gasteiger partial charge in [-0.2, -0.15) is 0 Å². The summed E-state index contributed by atoms with van der Waals surface area (Å²) in [7, 11) is 1.84. The summed E-state index contributed by atoms with van der Waals surface area (Å²) in [5.74, 6) is 3.28. The van der Waals surface area contributed by atoms with Crippen molar-refractivity contribution in [2.75, 3.05) is 7.11 Å². The molecule has 1 heterocycles. The fourth-order valence-corrected chi connectivity index (χ4v) is 4.46. The van der Waals surface area contributed by atoms with Gasteiger partial charge in [0, 0.05) is 13.5 Å². The van der Waals surface area contributed by atoms with Gasteiger partial charge in [0.2, 0.25) is 0 Å². The Hall–Kier alpha value is -0.0800. The molecule has 2 aliphatic carbocycles. The fourth-order valence-electron chi connectivity index (χ4n) is 4.46. The summed E-state index contributed by atoms with van der Waals surface area (Å²) >= 11 is 0. The Morgan fingerprint density at radius 3 is 2.53 bits per heavy atom. The average Bonchev–Trinajstić information content (AvgIpc) is 2.72. The van der Waals surface area contributed by atoms with Crippen molar-refractivity contribution in [3.05, 3.63) is 0 Å². The van der Waals surface area contributed by atoms with Gasteiger partial charge in [0.1, 0.15) is 0 Å². The van der Waals surface area contributed by atoms with E-state index in [2.05, 4.69) is 13.8 Å². The SMILES string of the molecule is COC1CCC2C(C1)OC1C(C)C(C)CCC21. The molecular weight excluding hydrogens is 212 g/mol. The monoisotopic (exact) mass is 238 g/mol. The van der Waals surface area contributed by atoms with Crippen LogP contribution < -0.4 is 0 Å². The highest BCUT2D eigenvalue weighted by Gasteiger charge is 2.50. The molecule has 0 N–H and O–H groups in total. The normalized spacial score (nSPS) is 54.2. The van der Waals surface area contributed by atoms with Crippen LogP contribution in [-0.4, -0.2) is 25.4 Å². The highest BCUT2D eigenvalue weighted by atomic mass is 16.5. The van der Waals surface area contributed by atoms with Gasteiger partial charge in [-0.15, -0.1) is 0 Å². The molecule has 98 valence electrons. The lowest BCUT2D eigenvalue weighted by molar-refractivity contribution is -0.0575. The highest BCUT2D eigenvalue weighted by molar-refractivity contribution is 4.99. The van der Waals surface area contributed by atoms with E-state index in [0.29, 0.717) is 18.3 Å². The predicted molar refractivity (Wildman–Crippen MR) is 67.9 cm³/mol. The van der Waals surface area contributed by atoms with E-state index >= 15 is 0 Å². The van der Waals surface area contributed by atoms with Crippen molar-refractivity contribution in [1.29, 1.82) is 0 Å². The van der Waals surface area contributed by atoms with Gasteiger partial charge in [-0.05, 0) is 49.4 Å². The van der Waals surface area contributed by atoms with E-state index in [1.807, 2.05) is 7.11 Å². The van der Waals surface area contributed by atoms with Crippen LogP contribution in [0.3, 0.4) is 0 Å². The molecule has 7 atom stereocenters. The molecule has 0 radical (unpaired) electrons. The summed E-state index contributed by atoms with van der Waals surface area (Å²) in [5, 5.41) is 0. The number of ether oxygens (including phenoxy) is 2. The Labute approximate surface area is 105 Å². The lowest BCUT2D eigenvalue weighted by Crippen LogP contribution is -2.36. The van der Waals surface area contributed by atoms with E-state index < -0.39 is 0 Å². The first-order valence-electron chi connectivity index (χ1n) is 7.39. The molecule has 2 saturated carbocycles. The Kier molecular flexibility index (Phi) is 3.20. The van der Waals surface area contributed by atoms with Crippen LogP contribution in [0.1, 0.15) is 46.0 Å². The first kappa shape index (κ1) is 12.0. The van der Waals surface area contributed by atoms with Crippen LogP contribution in [0, 0.1) is 23.7 Å². The van der Waals surface area contributed by atoms with Crippen LogP contribution >= 0.6 is 0 Å². The standard InChI is InChI=1S/C15H26O2/c1-9-4-6-13-12-7-5-11(16-3)8-14(12)17-15(13)10(9)2/h9-15H,4-8H2,1-3H3. The third-order valence-electron chi connectivity index (χ3n) is 5.80. The van der Waals surface area contributed by atoms with Crippen LogP contribution in [0.4, 0.5) is 0 Å². The van der Waals surface area contributed by atoms with Crippen LogP contribution in [0.25, 0.3) is 0 Å². The van der Waals surface area contributed by atoms with Crippen molar-refractivity contribution < 1.29 is 9.47 Å². The van der Waals surface area contributed by atoms with Crippen molar-refractivity contribution in [2.24, 2.45) is 23.7 Å².